The number of carbonyl (C=O) groups excluding carboxylic acids is 1. The molecule has 0 unspecified atom stereocenters. The number of likely N-dealkylation sites (N-methyl/N-ethyl adjacent to an activating group) is 1. The number of piperazine rings is 1. The van der Waals surface area contributed by atoms with Gasteiger partial charge in [-0.2, -0.15) is 0 Å². The van der Waals surface area contributed by atoms with Crippen molar-refractivity contribution in [1.29, 1.82) is 0 Å². The maximum absolute atomic E-state index is 12.1. The average molecular weight is 253 g/mol. The topological polar surface area (TPSA) is 35.6 Å². The van der Waals surface area contributed by atoms with Gasteiger partial charge < -0.3 is 15.1 Å². The van der Waals surface area contributed by atoms with Crippen LogP contribution in [-0.2, 0) is 4.79 Å². The number of carbonyl (C=O) groups is 1. The van der Waals surface area contributed by atoms with Gasteiger partial charge in [0.2, 0.25) is 5.91 Å². The summed E-state index contributed by atoms with van der Waals surface area (Å²) in [5, 5.41) is 3.38. The van der Waals surface area contributed by atoms with Crippen molar-refractivity contribution < 1.29 is 4.79 Å². The summed E-state index contributed by atoms with van der Waals surface area (Å²) >= 11 is 0. The largest absolute Gasteiger partial charge is 0.340 e. The van der Waals surface area contributed by atoms with E-state index in [-0.39, 0.29) is 0 Å². The standard InChI is InChI=1S/C14H27N3O/c1-2-16-9-11-17(12-10-16)14(18)4-3-13-5-7-15-8-6-13/h13,15H,2-12H2,1H3. The molecule has 0 saturated carbocycles. The minimum atomic E-state index is 0.379. The number of nitrogens with zero attached hydrogens (tertiary/aromatic N) is 2. The molecule has 1 amide bonds. The van der Waals surface area contributed by atoms with E-state index in [9.17, 15) is 4.79 Å². The summed E-state index contributed by atoms with van der Waals surface area (Å²) in [5.74, 6) is 1.15. The lowest BCUT2D eigenvalue weighted by molar-refractivity contribution is -0.133. The lowest BCUT2D eigenvalue weighted by atomic mass is 9.93. The Morgan fingerprint density at radius 2 is 1.83 bits per heavy atom. The number of piperidine rings is 1. The van der Waals surface area contributed by atoms with Gasteiger partial charge in [-0.15, -0.1) is 0 Å². The maximum Gasteiger partial charge on any atom is 0.222 e. The fourth-order valence-electron chi connectivity index (χ4n) is 2.97. The van der Waals surface area contributed by atoms with Crippen LogP contribution in [-0.4, -0.2) is 61.5 Å². The van der Waals surface area contributed by atoms with E-state index in [2.05, 4.69) is 22.0 Å². The SMILES string of the molecule is CCN1CCN(C(=O)CCC2CCNCC2)CC1. The molecule has 0 radical (unpaired) electrons. The van der Waals surface area contributed by atoms with Gasteiger partial charge in [-0.1, -0.05) is 6.92 Å². The van der Waals surface area contributed by atoms with Gasteiger partial charge in [0.25, 0.3) is 0 Å². The van der Waals surface area contributed by atoms with E-state index in [1.165, 1.54) is 12.8 Å². The van der Waals surface area contributed by atoms with Crippen LogP contribution in [0.5, 0.6) is 0 Å². The summed E-state index contributed by atoms with van der Waals surface area (Å²) in [4.78, 5) is 16.6. The van der Waals surface area contributed by atoms with Crippen LogP contribution in [0.25, 0.3) is 0 Å². The van der Waals surface area contributed by atoms with Crippen molar-refractivity contribution in [2.45, 2.75) is 32.6 Å². The van der Waals surface area contributed by atoms with Gasteiger partial charge in [-0.25, -0.2) is 0 Å². The third kappa shape index (κ3) is 3.95. The first-order valence-electron chi connectivity index (χ1n) is 7.50. The predicted octanol–water partition coefficient (Wildman–Crippen LogP) is 0.930. The molecule has 0 aliphatic carbocycles. The van der Waals surface area contributed by atoms with Crippen LogP contribution >= 0.6 is 0 Å². The summed E-state index contributed by atoms with van der Waals surface area (Å²) < 4.78 is 0. The van der Waals surface area contributed by atoms with Crippen molar-refractivity contribution in [1.82, 2.24) is 15.1 Å². The molecule has 4 nitrogen and oxygen atoms in total. The van der Waals surface area contributed by atoms with Crippen LogP contribution in [0.3, 0.4) is 0 Å². The zero-order valence-electron chi connectivity index (χ0n) is 11.7. The number of amides is 1. The molecule has 4 heteroatoms. The molecule has 1 N–H and O–H groups in total. The fourth-order valence-corrected chi connectivity index (χ4v) is 2.97. The van der Waals surface area contributed by atoms with E-state index in [4.69, 9.17) is 0 Å². The van der Waals surface area contributed by atoms with E-state index >= 15 is 0 Å². The number of hydrogen-bond donors (Lipinski definition) is 1. The Labute approximate surface area is 111 Å². The van der Waals surface area contributed by atoms with Crippen molar-refractivity contribution in [3.8, 4) is 0 Å². The number of nitrogens with one attached hydrogen (secondary N) is 1. The molecule has 2 saturated heterocycles. The Morgan fingerprint density at radius 3 is 2.44 bits per heavy atom. The number of hydrogen-bond acceptors (Lipinski definition) is 3. The quantitative estimate of drug-likeness (QED) is 0.809. The van der Waals surface area contributed by atoms with Crippen molar-refractivity contribution in [2.24, 2.45) is 5.92 Å². The van der Waals surface area contributed by atoms with Crippen LogP contribution < -0.4 is 5.32 Å². The molecule has 2 rings (SSSR count). The highest BCUT2D eigenvalue weighted by atomic mass is 16.2. The maximum atomic E-state index is 12.1. The molecule has 2 aliphatic rings. The third-order valence-electron chi connectivity index (χ3n) is 4.40. The second kappa shape index (κ2) is 7.10. The third-order valence-corrected chi connectivity index (χ3v) is 4.40. The molecule has 0 aromatic heterocycles. The van der Waals surface area contributed by atoms with E-state index < -0.39 is 0 Å². The number of rotatable bonds is 4. The summed E-state index contributed by atoms with van der Waals surface area (Å²) in [6, 6.07) is 0. The molecule has 2 heterocycles. The first-order chi connectivity index (χ1) is 8.79. The van der Waals surface area contributed by atoms with Crippen LogP contribution in [0.1, 0.15) is 32.6 Å². The van der Waals surface area contributed by atoms with E-state index in [1.54, 1.807) is 0 Å². The molecule has 104 valence electrons. The lowest BCUT2D eigenvalue weighted by Gasteiger charge is -2.34. The predicted molar refractivity (Wildman–Crippen MR) is 73.5 cm³/mol. The minimum absolute atomic E-state index is 0.379. The molecule has 0 atom stereocenters. The Kier molecular flexibility index (Phi) is 5.45. The summed E-state index contributed by atoms with van der Waals surface area (Å²) in [6.45, 7) is 9.52. The van der Waals surface area contributed by atoms with Gasteiger partial charge in [-0.05, 0) is 44.8 Å². The molecule has 0 spiro atoms. The monoisotopic (exact) mass is 253 g/mol. The second-order valence-electron chi connectivity index (χ2n) is 5.55. The Balaban J connectivity index is 1.65. The second-order valence-corrected chi connectivity index (χ2v) is 5.55. The van der Waals surface area contributed by atoms with E-state index in [1.807, 2.05) is 0 Å². The van der Waals surface area contributed by atoms with Crippen LogP contribution in [0.2, 0.25) is 0 Å². The van der Waals surface area contributed by atoms with Gasteiger partial charge in [0.05, 0.1) is 0 Å². The molecule has 0 aromatic rings. The summed E-state index contributed by atoms with van der Waals surface area (Å²) in [7, 11) is 0. The fraction of sp³-hybridized carbons (Fsp3) is 0.929. The van der Waals surface area contributed by atoms with Gasteiger partial charge in [-0.3, -0.25) is 4.79 Å². The van der Waals surface area contributed by atoms with Crippen LogP contribution in [0.15, 0.2) is 0 Å². The lowest BCUT2D eigenvalue weighted by Crippen LogP contribution is -2.48. The van der Waals surface area contributed by atoms with Crippen molar-refractivity contribution >= 4 is 5.91 Å². The first kappa shape index (κ1) is 13.8. The minimum Gasteiger partial charge on any atom is -0.340 e. The van der Waals surface area contributed by atoms with Gasteiger partial charge in [0.15, 0.2) is 0 Å². The molecule has 18 heavy (non-hydrogen) atoms. The van der Waals surface area contributed by atoms with Gasteiger partial charge in [0.1, 0.15) is 0 Å². The average Bonchev–Trinajstić information content (AvgIpc) is 2.46. The highest BCUT2D eigenvalue weighted by Crippen LogP contribution is 2.18. The summed E-state index contributed by atoms with van der Waals surface area (Å²) in [6.07, 6.45) is 4.35. The van der Waals surface area contributed by atoms with Crippen LogP contribution in [0.4, 0.5) is 0 Å². The molecule has 2 aliphatic heterocycles. The molecular weight excluding hydrogens is 226 g/mol. The molecular formula is C14H27N3O. The Bertz CT molecular complexity index is 256. The van der Waals surface area contributed by atoms with E-state index in [0.29, 0.717) is 5.91 Å². The van der Waals surface area contributed by atoms with Gasteiger partial charge in [0, 0.05) is 32.6 Å². The molecule has 0 bridgehead atoms. The highest BCUT2D eigenvalue weighted by Gasteiger charge is 2.21. The van der Waals surface area contributed by atoms with Crippen molar-refractivity contribution in [2.75, 3.05) is 45.8 Å². The normalized spacial score (nSPS) is 23.3. The van der Waals surface area contributed by atoms with Gasteiger partial charge >= 0.3 is 0 Å². The van der Waals surface area contributed by atoms with Crippen molar-refractivity contribution in [3.63, 3.8) is 0 Å². The first-order valence-corrected chi connectivity index (χ1v) is 7.50. The Morgan fingerprint density at radius 1 is 1.17 bits per heavy atom. The zero-order chi connectivity index (χ0) is 12.8. The molecule has 2 fully saturated rings. The highest BCUT2D eigenvalue weighted by molar-refractivity contribution is 5.76. The molecule has 0 aromatic carbocycles. The van der Waals surface area contributed by atoms with Crippen molar-refractivity contribution in [3.05, 3.63) is 0 Å². The Hall–Kier alpha value is -0.610. The van der Waals surface area contributed by atoms with Crippen LogP contribution in [0, 0.1) is 5.92 Å². The smallest absolute Gasteiger partial charge is 0.222 e. The van der Waals surface area contributed by atoms with E-state index in [0.717, 1.165) is 64.6 Å². The summed E-state index contributed by atoms with van der Waals surface area (Å²) in [5.41, 5.74) is 0. The zero-order valence-corrected chi connectivity index (χ0v) is 11.7.